The lowest BCUT2D eigenvalue weighted by Crippen LogP contribution is -2.02. The molecule has 0 N–H and O–H groups in total. The van der Waals surface area contributed by atoms with Crippen LogP contribution in [0.3, 0.4) is 0 Å². The highest BCUT2D eigenvalue weighted by Gasteiger charge is 2.22. The smallest absolute Gasteiger partial charge is 0.161 e. The van der Waals surface area contributed by atoms with E-state index in [1.807, 2.05) is 25.1 Å². The van der Waals surface area contributed by atoms with Crippen molar-refractivity contribution >= 4 is 0 Å². The predicted molar refractivity (Wildman–Crippen MR) is 65.2 cm³/mol. The summed E-state index contributed by atoms with van der Waals surface area (Å²) in [6.07, 6.45) is 2.52. The summed E-state index contributed by atoms with van der Waals surface area (Å²) in [5.74, 6) is 2.07. The molecular weight excluding hydrogens is 214 g/mol. The molecule has 0 heterocycles. The molecule has 0 saturated heterocycles. The molecule has 2 rings (SSSR count). The van der Waals surface area contributed by atoms with E-state index in [9.17, 15) is 0 Å². The summed E-state index contributed by atoms with van der Waals surface area (Å²) >= 11 is 0. The van der Waals surface area contributed by atoms with Crippen molar-refractivity contribution in [3.8, 4) is 17.6 Å². The van der Waals surface area contributed by atoms with Crippen LogP contribution in [0.1, 0.15) is 31.2 Å². The number of benzene rings is 1. The highest BCUT2D eigenvalue weighted by atomic mass is 16.5. The Morgan fingerprint density at radius 1 is 1.41 bits per heavy atom. The van der Waals surface area contributed by atoms with Gasteiger partial charge in [0.25, 0.3) is 0 Å². The molecule has 3 heteroatoms. The first-order valence-electron chi connectivity index (χ1n) is 5.95. The Labute approximate surface area is 102 Å². The minimum atomic E-state index is -0.121. The van der Waals surface area contributed by atoms with E-state index >= 15 is 0 Å². The fourth-order valence-corrected chi connectivity index (χ4v) is 1.64. The maximum absolute atomic E-state index is 8.91. The van der Waals surface area contributed by atoms with Crippen molar-refractivity contribution in [2.75, 3.05) is 13.7 Å². The summed E-state index contributed by atoms with van der Waals surface area (Å²) in [5.41, 5.74) is 0.971. The number of rotatable bonds is 5. The third-order valence-corrected chi connectivity index (χ3v) is 3.05. The fourth-order valence-electron chi connectivity index (χ4n) is 1.64. The van der Waals surface area contributed by atoms with Gasteiger partial charge < -0.3 is 9.47 Å². The molecule has 1 aromatic carbocycles. The molecule has 3 nitrogen and oxygen atoms in total. The third-order valence-electron chi connectivity index (χ3n) is 3.05. The highest BCUT2D eigenvalue weighted by molar-refractivity contribution is 5.44. The molecule has 1 atom stereocenters. The molecule has 1 unspecified atom stereocenters. The lowest BCUT2D eigenvalue weighted by Gasteiger charge is -2.12. The van der Waals surface area contributed by atoms with Crippen molar-refractivity contribution in [1.82, 2.24) is 0 Å². The van der Waals surface area contributed by atoms with Crippen molar-refractivity contribution in [1.29, 1.82) is 5.26 Å². The molecule has 0 spiro atoms. The van der Waals surface area contributed by atoms with Gasteiger partial charge in [-0.3, -0.25) is 0 Å². The van der Waals surface area contributed by atoms with Crippen LogP contribution in [0.15, 0.2) is 18.2 Å². The Morgan fingerprint density at radius 2 is 2.18 bits per heavy atom. The van der Waals surface area contributed by atoms with Gasteiger partial charge in [-0.1, -0.05) is 6.07 Å². The number of hydrogen-bond acceptors (Lipinski definition) is 3. The van der Waals surface area contributed by atoms with Crippen LogP contribution in [0.5, 0.6) is 11.5 Å². The van der Waals surface area contributed by atoms with E-state index in [0.717, 1.165) is 23.7 Å². The van der Waals surface area contributed by atoms with E-state index in [0.29, 0.717) is 5.92 Å². The molecular formula is C14H17NO2. The van der Waals surface area contributed by atoms with Crippen LogP contribution >= 0.6 is 0 Å². The second kappa shape index (κ2) is 5.09. The molecule has 1 fully saturated rings. The van der Waals surface area contributed by atoms with Crippen LogP contribution < -0.4 is 9.47 Å². The van der Waals surface area contributed by atoms with Gasteiger partial charge in [-0.15, -0.1) is 0 Å². The topological polar surface area (TPSA) is 42.2 Å². The van der Waals surface area contributed by atoms with Crippen molar-refractivity contribution in [2.45, 2.75) is 25.7 Å². The fraction of sp³-hybridized carbons (Fsp3) is 0.500. The van der Waals surface area contributed by atoms with Gasteiger partial charge in [-0.05, 0) is 43.4 Å². The van der Waals surface area contributed by atoms with Crippen LogP contribution in [0.2, 0.25) is 0 Å². The summed E-state index contributed by atoms with van der Waals surface area (Å²) in [6, 6.07) is 7.92. The summed E-state index contributed by atoms with van der Waals surface area (Å²) in [6.45, 7) is 2.63. The van der Waals surface area contributed by atoms with E-state index in [1.165, 1.54) is 12.8 Å². The molecule has 0 aromatic heterocycles. The number of hydrogen-bond donors (Lipinski definition) is 0. The SMILES string of the molecule is COc1ccc(C(C)C#N)cc1OCC1CC1. The number of nitriles is 1. The normalized spacial score (nSPS) is 16.1. The summed E-state index contributed by atoms with van der Waals surface area (Å²) in [7, 11) is 1.63. The summed E-state index contributed by atoms with van der Waals surface area (Å²) in [4.78, 5) is 0. The molecule has 1 aromatic rings. The van der Waals surface area contributed by atoms with Crippen molar-refractivity contribution in [3.05, 3.63) is 23.8 Å². The summed E-state index contributed by atoms with van der Waals surface area (Å²) < 4.78 is 11.0. The molecule has 1 aliphatic rings. The Kier molecular flexibility index (Phi) is 3.53. The lowest BCUT2D eigenvalue weighted by atomic mass is 10.0. The molecule has 0 amide bonds. The lowest BCUT2D eigenvalue weighted by molar-refractivity contribution is 0.280. The minimum Gasteiger partial charge on any atom is -0.493 e. The van der Waals surface area contributed by atoms with E-state index in [4.69, 9.17) is 14.7 Å². The van der Waals surface area contributed by atoms with Gasteiger partial charge in [0.05, 0.1) is 25.7 Å². The Morgan fingerprint density at radius 3 is 2.76 bits per heavy atom. The van der Waals surface area contributed by atoms with E-state index in [2.05, 4.69) is 6.07 Å². The van der Waals surface area contributed by atoms with Gasteiger partial charge in [0.1, 0.15) is 0 Å². The van der Waals surface area contributed by atoms with Gasteiger partial charge in [-0.25, -0.2) is 0 Å². The molecule has 0 aliphatic heterocycles. The maximum atomic E-state index is 8.91. The zero-order chi connectivity index (χ0) is 12.3. The highest BCUT2D eigenvalue weighted by Crippen LogP contribution is 2.34. The van der Waals surface area contributed by atoms with Gasteiger partial charge in [-0.2, -0.15) is 5.26 Å². The van der Waals surface area contributed by atoms with Crippen LogP contribution in [-0.4, -0.2) is 13.7 Å². The van der Waals surface area contributed by atoms with Crippen LogP contribution in [-0.2, 0) is 0 Å². The van der Waals surface area contributed by atoms with Crippen molar-refractivity contribution < 1.29 is 9.47 Å². The van der Waals surface area contributed by atoms with E-state index in [1.54, 1.807) is 7.11 Å². The molecule has 0 bridgehead atoms. The van der Waals surface area contributed by atoms with Gasteiger partial charge in [0, 0.05) is 0 Å². The van der Waals surface area contributed by atoms with Crippen LogP contribution in [0.4, 0.5) is 0 Å². The van der Waals surface area contributed by atoms with Crippen LogP contribution in [0, 0.1) is 17.2 Å². The zero-order valence-electron chi connectivity index (χ0n) is 10.3. The Balaban J connectivity index is 2.16. The molecule has 1 aliphatic carbocycles. The minimum absolute atomic E-state index is 0.121. The maximum Gasteiger partial charge on any atom is 0.161 e. The summed E-state index contributed by atoms with van der Waals surface area (Å²) in [5, 5.41) is 8.91. The first kappa shape index (κ1) is 11.8. The standard InChI is InChI=1S/C14H17NO2/c1-10(8-15)12-5-6-13(16-2)14(7-12)17-9-11-3-4-11/h5-7,10-11H,3-4,9H2,1-2H3. The Bertz CT molecular complexity index is 432. The molecule has 1 saturated carbocycles. The molecule has 90 valence electrons. The number of nitrogens with zero attached hydrogens (tertiary/aromatic N) is 1. The monoisotopic (exact) mass is 231 g/mol. The quantitative estimate of drug-likeness (QED) is 0.782. The first-order chi connectivity index (χ1) is 8.24. The molecule has 0 radical (unpaired) electrons. The predicted octanol–water partition coefficient (Wildman–Crippen LogP) is 3.11. The van der Waals surface area contributed by atoms with Gasteiger partial charge in [0.2, 0.25) is 0 Å². The zero-order valence-corrected chi connectivity index (χ0v) is 10.3. The second-order valence-electron chi connectivity index (χ2n) is 4.52. The van der Waals surface area contributed by atoms with Gasteiger partial charge >= 0.3 is 0 Å². The van der Waals surface area contributed by atoms with E-state index in [-0.39, 0.29) is 5.92 Å². The Hall–Kier alpha value is -1.69. The largest absolute Gasteiger partial charge is 0.493 e. The average Bonchev–Trinajstić information content (AvgIpc) is 3.19. The van der Waals surface area contributed by atoms with Crippen molar-refractivity contribution in [2.24, 2.45) is 5.92 Å². The number of methoxy groups -OCH3 is 1. The number of ether oxygens (including phenoxy) is 2. The third kappa shape index (κ3) is 2.91. The molecule has 17 heavy (non-hydrogen) atoms. The average molecular weight is 231 g/mol. The van der Waals surface area contributed by atoms with E-state index < -0.39 is 0 Å². The van der Waals surface area contributed by atoms with Crippen LogP contribution in [0.25, 0.3) is 0 Å². The van der Waals surface area contributed by atoms with Crippen molar-refractivity contribution in [3.63, 3.8) is 0 Å². The first-order valence-corrected chi connectivity index (χ1v) is 5.95. The van der Waals surface area contributed by atoms with Gasteiger partial charge in [0.15, 0.2) is 11.5 Å². The second-order valence-corrected chi connectivity index (χ2v) is 4.52.